The summed E-state index contributed by atoms with van der Waals surface area (Å²) in [4.78, 5) is 0. The summed E-state index contributed by atoms with van der Waals surface area (Å²) in [5.41, 5.74) is -0.541. The van der Waals surface area contributed by atoms with Crippen LogP contribution in [-0.2, 0) is 37.9 Å². The third kappa shape index (κ3) is 9.02. The molecule has 5 saturated heterocycles. The Kier molecular flexibility index (Phi) is 15.7. The standard InChI is InChI=1S/C52H84O22/c1-20(18-67-46-42(64)40(62)36(58)30(17-54)71-46)8-13-52(66)21(2)31-28(73-52)15-27-25-7-6-23-14-24(9-11-49(23,4)26(25)10-12-50(27,31)5)69-48-45(72-47-43(65)38(60)34(56)22(3)68-47)37(59)32-33(51(32,19-55)74-48)44-41(63)39(61)35(57)29(16-53)70-44/h6,20-22,24-48,53-66H,7-19H2,1-5H3/t20-,21+,22?,24+,25-,26+,27+,28?,29?,30?,31?,32-,33?,34+,35-,36-,37?,38?,39?,40?,41?,42?,43?,44+,45?,46-,47+,48-,49+,50+,51+,52?/m1/s1. The molecule has 0 spiro atoms. The number of ether oxygens (including phenoxy) is 8. The van der Waals surface area contributed by atoms with Gasteiger partial charge in [0.2, 0.25) is 0 Å². The molecule has 22 nitrogen and oxygen atoms in total. The first-order valence-electron chi connectivity index (χ1n) is 27.3. The lowest BCUT2D eigenvalue weighted by molar-refractivity contribution is -0.359. The largest absolute Gasteiger partial charge is 0.394 e. The van der Waals surface area contributed by atoms with E-state index < -0.39 is 160 Å². The molecule has 5 aliphatic heterocycles. The summed E-state index contributed by atoms with van der Waals surface area (Å²) in [6.07, 6.45) is -17.7. The topological polar surface area (TPSA) is 357 Å². The first-order valence-corrected chi connectivity index (χ1v) is 27.3. The van der Waals surface area contributed by atoms with E-state index in [4.69, 9.17) is 37.9 Å². The minimum atomic E-state index is -1.73. The lowest BCUT2D eigenvalue weighted by Crippen LogP contribution is -2.61. The number of aliphatic hydroxyl groups excluding tert-OH is 13. The highest BCUT2D eigenvalue weighted by atomic mass is 16.8. The van der Waals surface area contributed by atoms with E-state index in [0.717, 1.165) is 32.1 Å². The van der Waals surface area contributed by atoms with Gasteiger partial charge in [-0.25, -0.2) is 0 Å². The highest BCUT2D eigenvalue weighted by Gasteiger charge is 2.78. The molecule has 14 N–H and O–H groups in total. The predicted octanol–water partition coefficient (Wildman–Crippen LogP) is -2.73. The van der Waals surface area contributed by atoms with Crippen molar-refractivity contribution in [2.24, 2.45) is 58.2 Å². The average Bonchev–Trinajstić information content (AvgIpc) is 3.84. The summed E-state index contributed by atoms with van der Waals surface area (Å²) in [7, 11) is 0. The van der Waals surface area contributed by atoms with E-state index >= 15 is 0 Å². The third-order valence-corrected chi connectivity index (χ3v) is 20.8. The van der Waals surface area contributed by atoms with Crippen LogP contribution in [-0.4, -0.2) is 232 Å². The number of hydrogen-bond acceptors (Lipinski definition) is 22. The predicted molar refractivity (Wildman–Crippen MR) is 251 cm³/mol. The van der Waals surface area contributed by atoms with Crippen molar-refractivity contribution in [3.63, 3.8) is 0 Å². The quantitative estimate of drug-likeness (QED) is 0.0785. The third-order valence-electron chi connectivity index (χ3n) is 20.8. The van der Waals surface area contributed by atoms with Crippen LogP contribution in [0.5, 0.6) is 0 Å². The van der Waals surface area contributed by atoms with E-state index in [0.29, 0.717) is 43.4 Å². The van der Waals surface area contributed by atoms with E-state index in [2.05, 4.69) is 26.8 Å². The van der Waals surface area contributed by atoms with Crippen molar-refractivity contribution >= 4 is 0 Å². The molecule has 4 saturated carbocycles. The maximum absolute atomic E-state index is 12.2. The number of rotatable bonds is 14. The zero-order valence-electron chi connectivity index (χ0n) is 43.0. The maximum Gasteiger partial charge on any atom is 0.187 e. The number of hydrogen-bond donors (Lipinski definition) is 14. The smallest absolute Gasteiger partial charge is 0.187 e. The first-order chi connectivity index (χ1) is 35.0. The molecular formula is C52H84O22. The van der Waals surface area contributed by atoms with Gasteiger partial charge in [-0.1, -0.05) is 39.3 Å². The van der Waals surface area contributed by atoms with Gasteiger partial charge in [0.15, 0.2) is 24.7 Å². The van der Waals surface area contributed by atoms with Crippen molar-refractivity contribution in [2.75, 3.05) is 26.4 Å². The van der Waals surface area contributed by atoms with Gasteiger partial charge in [-0.15, -0.1) is 0 Å². The van der Waals surface area contributed by atoms with E-state index in [1.165, 1.54) is 12.5 Å². The van der Waals surface area contributed by atoms with Crippen molar-refractivity contribution in [3.8, 4) is 0 Å². The first kappa shape index (κ1) is 56.1. The van der Waals surface area contributed by atoms with Gasteiger partial charge in [0, 0.05) is 24.2 Å². The Morgan fingerprint density at radius 3 is 2.03 bits per heavy atom. The van der Waals surface area contributed by atoms with Crippen LogP contribution < -0.4 is 0 Å². The van der Waals surface area contributed by atoms with E-state index in [1.54, 1.807) is 0 Å². The Balaban J connectivity index is 0.806. The molecule has 0 aromatic carbocycles. The molecule has 15 unspecified atom stereocenters. The molecule has 0 aromatic rings. The van der Waals surface area contributed by atoms with Gasteiger partial charge in [-0.3, -0.25) is 0 Å². The number of fused-ring (bicyclic) bond motifs is 8. The Hall–Kier alpha value is -1.14. The van der Waals surface area contributed by atoms with Gasteiger partial charge >= 0.3 is 0 Å². The Morgan fingerprint density at radius 2 is 1.34 bits per heavy atom. The molecule has 74 heavy (non-hydrogen) atoms. The Labute approximate surface area is 431 Å². The fourth-order valence-corrected chi connectivity index (χ4v) is 16.4. The number of aliphatic hydroxyl groups is 14. The van der Waals surface area contributed by atoms with Gasteiger partial charge < -0.3 is 109 Å². The lowest BCUT2D eigenvalue weighted by Gasteiger charge is -2.58. The van der Waals surface area contributed by atoms with Crippen LogP contribution in [0.1, 0.15) is 92.4 Å². The van der Waals surface area contributed by atoms with E-state index in [1.807, 2.05) is 6.92 Å². The second-order valence-corrected chi connectivity index (χ2v) is 24.7. The highest BCUT2D eigenvalue weighted by molar-refractivity contribution is 5.28. The summed E-state index contributed by atoms with van der Waals surface area (Å²) in [5, 5.41) is 150. The average molecular weight is 1060 g/mol. The van der Waals surface area contributed by atoms with E-state index in [9.17, 15) is 71.5 Å². The molecule has 32 atom stereocenters. The second kappa shape index (κ2) is 20.8. The molecular weight excluding hydrogens is 977 g/mol. The molecule has 9 fully saturated rings. The zero-order valence-corrected chi connectivity index (χ0v) is 43.0. The summed E-state index contributed by atoms with van der Waals surface area (Å²) < 4.78 is 49.4. The fraction of sp³-hybridized carbons (Fsp3) is 0.962. The normalized spacial score (nSPS) is 57.3. The molecule has 424 valence electrons. The minimum Gasteiger partial charge on any atom is -0.394 e. The maximum atomic E-state index is 12.2. The molecule has 0 aromatic heterocycles. The van der Waals surface area contributed by atoms with Crippen molar-refractivity contribution < 1.29 is 109 Å². The molecule has 0 amide bonds. The van der Waals surface area contributed by atoms with Crippen LogP contribution in [0.25, 0.3) is 0 Å². The summed E-state index contributed by atoms with van der Waals surface area (Å²) in [5.74, 6) is -2.26. The lowest BCUT2D eigenvalue weighted by atomic mass is 9.47. The van der Waals surface area contributed by atoms with E-state index in [-0.39, 0.29) is 41.3 Å². The number of allylic oxidation sites excluding steroid dienone is 1. The molecule has 5 aliphatic carbocycles. The SMILES string of the molecule is CC1O[C@@H](OC2C(O)[C@H]3C([C@@H]4OC(CO)[C@@H](O)C(O)C4O)[C@@]3(CO)O[C@H]2O[C@H]2CC[C@@]3(C)C(=CC[C@@H]4[C@@H]3CC[C@]3(C)C5C(C[C@@H]43)OC(O)(CC[C@@H](C)CO[C@@H]3OC(CO)[C@@H](O)C(O)C3O)[C@H]5C)C2)C(O)C(O)[C@H]1O. The monoisotopic (exact) mass is 1060 g/mol. The van der Waals surface area contributed by atoms with Crippen molar-refractivity contribution in [1.82, 2.24) is 0 Å². The minimum absolute atomic E-state index is 0.0674. The van der Waals surface area contributed by atoms with Crippen LogP contribution in [0.3, 0.4) is 0 Å². The Bertz CT molecular complexity index is 2000. The van der Waals surface area contributed by atoms with Gasteiger partial charge in [0.1, 0.15) is 78.8 Å². The Morgan fingerprint density at radius 1 is 0.676 bits per heavy atom. The second-order valence-electron chi connectivity index (χ2n) is 24.7. The van der Waals surface area contributed by atoms with Crippen LogP contribution in [0, 0.1) is 58.2 Å². The van der Waals surface area contributed by atoms with Gasteiger partial charge in [0.05, 0.1) is 56.9 Å². The molecule has 0 radical (unpaired) electrons. The van der Waals surface area contributed by atoms with Gasteiger partial charge in [-0.05, 0) is 98.7 Å². The van der Waals surface area contributed by atoms with Crippen molar-refractivity contribution in [3.05, 3.63) is 11.6 Å². The van der Waals surface area contributed by atoms with Crippen LogP contribution in [0.15, 0.2) is 11.6 Å². The van der Waals surface area contributed by atoms with Crippen LogP contribution >= 0.6 is 0 Å². The highest BCUT2D eigenvalue weighted by Crippen LogP contribution is 2.70. The van der Waals surface area contributed by atoms with Crippen LogP contribution in [0.2, 0.25) is 0 Å². The van der Waals surface area contributed by atoms with Crippen LogP contribution in [0.4, 0.5) is 0 Å². The molecule has 0 bridgehead atoms. The fourth-order valence-electron chi connectivity index (χ4n) is 16.4. The molecule has 10 aliphatic rings. The molecule has 10 rings (SSSR count). The molecule has 5 heterocycles. The molecule has 22 heteroatoms. The summed E-state index contributed by atoms with van der Waals surface area (Å²) >= 11 is 0. The zero-order chi connectivity index (χ0) is 53.3. The van der Waals surface area contributed by atoms with Gasteiger partial charge in [-0.2, -0.15) is 0 Å². The van der Waals surface area contributed by atoms with Crippen molar-refractivity contribution in [1.29, 1.82) is 0 Å². The summed E-state index contributed by atoms with van der Waals surface area (Å²) in [6, 6.07) is 0. The van der Waals surface area contributed by atoms with Gasteiger partial charge in [0.25, 0.3) is 0 Å². The summed E-state index contributed by atoms with van der Waals surface area (Å²) in [6.45, 7) is 8.53. The van der Waals surface area contributed by atoms with Crippen molar-refractivity contribution in [2.45, 2.75) is 226 Å².